The zero-order valence-electron chi connectivity index (χ0n) is 16.0. The van der Waals surface area contributed by atoms with E-state index >= 15 is 0 Å². The Hall–Kier alpha value is -1.57. The van der Waals surface area contributed by atoms with E-state index in [0.29, 0.717) is 12.3 Å². The largest absolute Gasteiger partial charge is 0.355 e. The molecule has 3 aromatic rings. The number of amides is 1. The summed E-state index contributed by atoms with van der Waals surface area (Å²) in [5.41, 5.74) is 2.47. The molecule has 3 rings (SSSR count). The molecule has 0 atom stereocenters. The first kappa shape index (κ1) is 20.2. The summed E-state index contributed by atoms with van der Waals surface area (Å²) in [5, 5.41) is 5.00. The molecule has 0 aliphatic rings. The van der Waals surface area contributed by atoms with Crippen LogP contribution in [0, 0.1) is 27.7 Å². The van der Waals surface area contributed by atoms with E-state index in [2.05, 4.69) is 60.3 Å². The fourth-order valence-corrected chi connectivity index (χ4v) is 5.47. The third-order valence-corrected chi connectivity index (χ3v) is 7.25. The molecule has 1 N–H and O–H groups in total. The van der Waals surface area contributed by atoms with Crippen molar-refractivity contribution >= 4 is 51.0 Å². The molecular formula is C20H23N3OS3. The quantitative estimate of drug-likeness (QED) is 0.336. The maximum absolute atomic E-state index is 12.2. The van der Waals surface area contributed by atoms with E-state index in [1.807, 2.05) is 6.92 Å². The average Bonchev–Trinajstić information content (AvgIpc) is 2.92. The van der Waals surface area contributed by atoms with Gasteiger partial charge in [0.25, 0.3) is 0 Å². The molecule has 0 unspecified atom stereocenters. The number of hydrogen-bond donors (Lipinski definition) is 1. The number of thiophene rings is 1. The number of hydrogen-bond acceptors (Lipinski definition) is 6. The first-order valence-corrected chi connectivity index (χ1v) is 11.6. The molecule has 0 radical (unpaired) electrons. The predicted molar refractivity (Wildman–Crippen MR) is 117 cm³/mol. The van der Waals surface area contributed by atoms with Crippen molar-refractivity contribution in [2.24, 2.45) is 0 Å². The standard InChI is InChI=1S/C20H23N3OS3/c1-12-5-7-16(8-6-12)25-10-9-21-17(24)11-26-19-18-13(2)14(3)27-20(18)23-15(4)22-19/h5-8H,9-11H2,1-4H3,(H,21,24). The smallest absolute Gasteiger partial charge is 0.230 e. The number of carbonyl (C=O) groups excluding carboxylic acids is 1. The number of nitrogens with one attached hydrogen (secondary N) is 1. The first-order valence-electron chi connectivity index (χ1n) is 8.77. The van der Waals surface area contributed by atoms with Gasteiger partial charge in [-0.05, 0) is 45.4 Å². The van der Waals surface area contributed by atoms with Gasteiger partial charge in [-0.15, -0.1) is 23.1 Å². The van der Waals surface area contributed by atoms with Crippen LogP contribution < -0.4 is 5.32 Å². The van der Waals surface area contributed by atoms with Gasteiger partial charge in [0.1, 0.15) is 15.7 Å². The summed E-state index contributed by atoms with van der Waals surface area (Å²) in [6.07, 6.45) is 0. The predicted octanol–water partition coefficient (Wildman–Crippen LogP) is 4.93. The van der Waals surface area contributed by atoms with Gasteiger partial charge in [-0.2, -0.15) is 0 Å². The second-order valence-electron chi connectivity index (χ2n) is 6.34. The van der Waals surface area contributed by atoms with Crippen molar-refractivity contribution < 1.29 is 4.79 Å². The maximum atomic E-state index is 12.2. The molecule has 2 aromatic heterocycles. The lowest BCUT2D eigenvalue weighted by atomic mass is 10.2. The number of nitrogens with zero attached hydrogens (tertiary/aromatic N) is 2. The third kappa shape index (κ3) is 5.24. The van der Waals surface area contributed by atoms with Gasteiger partial charge in [0.05, 0.1) is 5.75 Å². The SMILES string of the molecule is Cc1ccc(SCCNC(=O)CSc2nc(C)nc3sc(C)c(C)c23)cc1. The molecular weight excluding hydrogens is 394 g/mol. The van der Waals surface area contributed by atoms with Crippen LogP contribution in [-0.2, 0) is 4.79 Å². The highest BCUT2D eigenvalue weighted by molar-refractivity contribution is 8.00. The lowest BCUT2D eigenvalue weighted by molar-refractivity contribution is -0.118. The fourth-order valence-electron chi connectivity index (χ4n) is 2.60. The second-order valence-corrected chi connectivity index (χ2v) is 9.68. The van der Waals surface area contributed by atoms with Crippen LogP contribution in [0.25, 0.3) is 10.2 Å². The molecule has 0 aliphatic carbocycles. The van der Waals surface area contributed by atoms with Gasteiger partial charge in [-0.3, -0.25) is 4.79 Å². The minimum Gasteiger partial charge on any atom is -0.355 e. The Morgan fingerprint density at radius 2 is 1.81 bits per heavy atom. The summed E-state index contributed by atoms with van der Waals surface area (Å²) in [4.78, 5) is 24.8. The third-order valence-electron chi connectivity index (χ3n) is 4.16. The molecule has 1 aromatic carbocycles. The number of rotatable bonds is 7. The minimum absolute atomic E-state index is 0.0403. The van der Waals surface area contributed by atoms with E-state index in [1.54, 1.807) is 23.1 Å². The molecule has 0 saturated heterocycles. The van der Waals surface area contributed by atoms with Crippen LogP contribution in [0.2, 0.25) is 0 Å². The molecule has 0 bridgehead atoms. The Balaban J connectivity index is 1.50. The second kappa shape index (κ2) is 9.08. The minimum atomic E-state index is 0.0403. The lowest BCUT2D eigenvalue weighted by Gasteiger charge is -2.07. The van der Waals surface area contributed by atoms with Crippen LogP contribution in [0.5, 0.6) is 0 Å². The van der Waals surface area contributed by atoms with Crippen LogP contribution in [0.3, 0.4) is 0 Å². The zero-order valence-corrected chi connectivity index (χ0v) is 18.4. The van der Waals surface area contributed by atoms with E-state index in [1.165, 1.54) is 32.7 Å². The van der Waals surface area contributed by atoms with E-state index in [9.17, 15) is 4.79 Å². The van der Waals surface area contributed by atoms with E-state index < -0.39 is 0 Å². The molecule has 0 spiro atoms. The summed E-state index contributed by atoms with van der Waals surface area (Å²) in [6, 6.07) is 8.45. The number of thioether (sulfide) groups is 2. The number of fused-ring (bicyclic) bond motifs is 1. The zero-order chi connectivity index (χ0) is 19.4. The maximum Gasteiger partial charge on any atom is 0.230 e. The molecule has 1 amide bonds. The monoisotopic (exact) mass is 417 g/mol. The number of benzene rings is 1. The fraction of sp³-hybridized carbons (Fsp3) is 0.350. The van der Waals surface area contributed by atoms with Crippen LogP contribution in [0.15, 0.2) is 34.2 Å². The van der Waals surface area contributed by atoms with Gasteiger partial charge < -0.3 is 5.32 Å². The Labute approximate surface area is 172 Å². The molecule has 0 fully saturated rings. The molecule has 0 aliphatic heterocycles. The summed E-state index contributed by atoms with van der Waals surface area (Å²) < 4.78 is 0. The normalized spacial score (nSPS) is 11.1. The highest BCUT2D eigenvalue weighted by Gasteiger charge is 2.15. The highest BCUT2D eigenvalue weighted by Crippen LogP contribution is 2.34. The van der Waals surface area contributed by atoms with E-state index in [4.69, 9.17) is 0 Å². The van der Waals surface area contributed by atoms with Crippen molar-refractivity contribution in [3.63, 3.8) is 0 Å². The van der Waals surface area contributed by atoms with Gasteiger partial charge in [0, 0.05) is 27.5 Å². The van der Waals surface area contributed by atoms with Gasteiger partial charge in [0.15, 0.2) is 0 Å². The van der Waals surface area contributed by atoms with Crippen molar-refractivity contribution in [3.8, 4) is 0 Å². The van der Waals surface area contributed by atoms with Gasteiger partial charge in [-0.25, -0.2) is 9.97 Å². The van der Waals surface area contributed by atoms with Crippen molar-refractivity contribution in [1.82, 2.24) is 15.3 Å². The Morgan fingerprint density at radius 3 is 2.56 bits per heavy atom. The molecule has 7 heteroatoms. The van der Waals surface area contributed by atoms with Crippen molar-refractivity contribution in [2.75, 3.05) is 18.1 Å². The summed E-state index contributed by atoms with van der Waals surface area (Å²) in [7, 11) is 0. The van der Waals surface area contributed by atoms with Crippen LogP contribution >= 0.6 is 34.9 Å². The summed E-state index contributed by atoms with van der Waals surface area (Å²) in [6.45, 7) is 8.84. The molecule has 27 heavy (non-hydrogen) atoms. The number of aryl methyl sites for hydroxylation is 4. The van der Waals surface area contributed by atoms with Crippen LogP contribution in [-0.4, -0.2) is 33.9 Å². The van der Waals surface area contributed by atoms with Gasteiger partial charge >= 0.3 is 0 Å². The van der Waals surface area contributed by atoms with Crippen LogP contribution in [0.4, 0.5) is 0 Å². The van der Waals surface area contributed by atoms with Crippen molar-refractivity contribution in [3.05, 3.63) is 46.1 Å². The number of carbonyl (C=O) groups is 1. The topological polar surface area (TPSA) is 54.9 Å². The van der Waals surface area contributed by atoms with Crippen LogP contribution in [0.1, 0.15) is 21.8 Å². The van der Waals surface area contributed by atoms with Crippen molar-refractivity contribution in [1.29, 1.82) is 0 Å². The van der Waals surface area contributed by atoms with E-state index in [-0.39, 0.29) is 5.91 Å². The highest BCUT2D eigenvalue weighted by atomic mass is 32.2. The molecule has 2 heterocycles. The Kier molecular flexibility index (Phi) is 6.78. The summed E-state index contributed by atoms with van der Waals surface area (Å²) >= 11 is 4.93. The molecule has 0 saturated carbocycles. The van der Waals surface area contributed by atoms with Gasteiger partial charge in [0.2, 0.25) is 5.91 Å². The van der Waals surface area contributed by atoms with Crippen molar-refractivity contribution in [2.45, 2.75) is 37.6 Å². The lowest BCUT2D eigenvalue weighted by Crippen LogP contribution is -2.27. The summed E-state index contributed by atoms with van der Waals surface area (Å²) in [5.74, 6) is 2.02. The molecule has 142 valence electrons. The molecule has 4 nitrogen and oxygen atoms in total. The van der Waals surface area contributed by atoms with E-state index in [0.717, 1.165) is 26.8 Å². The van der Waals surface area contributed by atoms with Gasteiger partial charge in [-0.1, -0.05) is 29.5 Å². The Bertz CT molecular complexity index is 951. The Morgan fingerprint density at radius 1 is 1.07 bits per heavy atom. The number of aromatic nitrogens is 2. The average molecular weight is 418 g/mol. The first-order chi connectivity index (χ1) is 12.9.